The number of fused-ring (bicyclic) bond motifs is 1. The van der Waals surface area contributed by atoms with E-state index < -0.39 is 22.9 Å². The first-order valence-electron chi connectivity index (χ1n) is 9.07. The Morgan fingerprint density at radius 2 is 1.97 bits per heavy atom. The lowest BCUT2D eigenvalue weighted by atomic mass is 10.1. The number of amides is 1. The summed E-state index contributed by atoms with van der Waals surface area (Å²) in [5.41, 5.74) is 2.01. The first-order valence-corrected chi connectivity index (χ1v) is 10.1. The average molecular weight is 425 g/mol. The molecular formula is C21H19N3O5S. The second kappa shape index (κ2) is 9.36. The molecule has 0 saturated heterocycles. The van der Waals surface area contributed by atoms with Crippen LogP contribution in [0.25, 0.3) is 10.9 Å². The summed E-state index contributed by atoms with van der Waals surface area (Å²) in [6, 6.07) is 15.2. The zero-order chi connectivity index (χ0) is 21.7. The van der Waals surface area contributed by atoms with Gasteiger partial charge in [-0.25, -0.2) is 4.98 Å². The highest BCUT2D eigenvalue weighted by molar-refractivity contribution is 7.99. The SMILES string of the molecule is Cc1cc(SCC(=O)O[C@@H](C)C(=O)Nc2cccc([N+](=O)[O-])c2)nc2ccccc12. The summed E-state index contributed by atoms with van der Waals surface area (Å²) in [6.45, 7) is 3.42. The minimum atomic E-state index is -1.05. The van der Waals surface area contributed by atoms with E-state index in [-0.39, 0.29) is 17.1 Å². The Hall–Kier alpha value is -3.46. The van der Waals surface area contributed by atoms with Crippen LogP contribution in [0.5, 0.6) is 0 Å². The monoisotopic (exact) mass is 425 g/mol. The quantitative estimate of drug-likeness (QED) is 0.262. The number of rotatable bonds is 7. The van der Waals surface area contributed by atoms with Crippen molar-refractivity contribution >= 4 is 45.9 Å². The lowest BCUT2D eigenvalue weighted by Gasteiger charge is -2.13. The molecule has 2 aromatic carbocycles. The van der Waals surface area contributed by atoms with Crippen molar-refractivity contribution in [1.82, 2.24) is 4.98 Å². The maximum atomic E-state index is 12.2. The molecule has 1 atom stereocenters. The van der Waals surface area contributed by atoms with Gasteiger partial charge in [0.2, 0.25) is 0 Å². The van der Waals surface area contributed by atoms with Crippen LogP contribution in [-0.4, -0.2) is 33.6 Å². The van der Waals surface area contributed by atoms with Gasteiger partial charge >= 0.3 is 5.97 Å². The van der Waals surface area contributed by atoms with Crippen LogP contribution in [0.1, 0.15) is 12.5 Å². The molecule has 0 fully saturated rings. The normalized spacial score (nSPS) is 11.7. The smallest absolute Gasteiger partial charge is 0.317 e. The van der Waals surface area contributed by atoms with Gasteiger partial charge in [-0.2, -0.15) is 0 Å². The molecule has 1 N–H and O–H groups in total. The van der Waals surface area contributed by atoms with Crippen LogP contribution in [-0.2, 0) is 14.3 Å². The number of thioether (sulfide) groups is 1. The topological polar surface area (TPSA) is 111 Å². The van der Waals surface area contributed by atoms with Crippen molar-refractivity contribution in [1.29, 1.82) is 0 Å². The van der Waals surface area contributed by atoms with Crippen molar-refractivity contribution < 1.29 is 19.2 Å². The van der Waals surface area contributed by atoms with Gasteiger partial charge in [-0.3, -0.25) is 19.7 Å². The Morgan fingerprint density at radius 1 is 1.20 bits per heavy atom. The van der Waals surface area contributed by atoms with Gasteiger partial charge in [0.25, 0.3) is 11.6 Å². The number of carbonyl (C=O) groups excluding carboxylic acids is 2. The molecule has 154 valence electrons. The number of nitro groups is 1. The second-order valence-electron chi connectivity index (χ2n) is 6.51. The summed E-state index contributed by atoms with van der Waals surface area (Å²) in [6.07, 6.45) is -1.05. The Morgan fingerprint density at radius 3 is 2.73 bits per heavy atom. The lowest BCUT2D eigenvalue weighted by molar-refractivity contribution is -0.384. The lowest BCUT2D eigenvalue weighted by Crippen LogP contribution is -2.30. The standard InChI is InChI=1S/C21H19N3O5S/c1-13-10-19(23-18-9-4-3-8-17(13)18)30-12-20(25)29-14(2)21(26)22-15-6-5-7-16(11-15)24(27)28/h3-11,14H,12H2,1-2H3,(H,22,26)/t14-/m0/s1. The van der Waals surface area contributed by atoms with E-state index in [0.717, 1.165) is 16.5 Å². The highest BCUT2D eigenvalue weighted by atomic mass is 32.2. The third-order valence-corrected chi connectivity index (χ3v) is 5.12. The molecule has 0 aliphatic rings. The van der Waals surface area contributed by atoms with E-state index in [9.17, 15) is 19.7 Å². The van der Waals surface area contributed by atoms with Crippen molar-refractivity contribution in [3.05, 3.63) is 70.3 Å². The molecule has 0 bridgehead atoms. The number of aryl methyl sites for hydroxylation is 1. The fourth-order valence-corrected chi connectivity index (χ4v) is 3.51. The van der Waals surface area contributed by atoms with Gasteiger partial charge in [-0.15, -0.1) is 0 Å². The Labute approximate surface area is 176 Å². The summed E-state index contributed by atoms with van der Waals surface area (Å²) in [7, 11) is 0. The number of nitrogens with zero attached hydrogens (tertiary/aromatic N) is 2. The van der Waals surface area contributed by atoms with Crippen LogP contribution in [0.2, 0.25) is 0 Å². The molecule has 0 radical (unpaired) electrons. The third-order valence-electron chi connectivity index (χ3n) is 4.24. The van der Waals surface area contributed by atoms with Gasteiger partial charge in [-0.05, 0) is 37.6 Å². The van der Waals surface area contributed by atoms with E-state index >= 15 is 0 Å². The number of aromatic nitrogens is 1. The van der Waals surface area contributed by atoms with Crippen molar-refractivity contribution in [3.8, 4) is 0 Å². The fourth-order valence-electron chi connectivity index (χ4n) is 2.75. The van der Waals surface area contributed by atoms with E-state index in [1.165, 1.54) is 43.0 Å². The number of benzene rings is 2. The van der Waals surface area contributed by atoms with Crippen LogP contribution in [0.4, 0.5) is 11.4 Å². The summed E-state index contributed by atoms with van der Waals surface area (Å²) < 4.78 is 5.17. The summed E-state index contributed by atoms with van der Waals surface area (Å²) >= 11 is 1.23. The van der Waals surface area contributed by atoms with E-state index in [1.54, 1.807) is 0 Å². The van der Waals surface area contributed by atoms with Crippen molar-refractivity contribution in [2.24, 2.45) is 0 Å². The minimum Gasteiger partial charge on any atom is -0.452 e. The molecule has 8 nitrogen and oxygen atoms in total. The molecule has 0 aliphatic heterocycles. The highest BCUT2D eigenvalue weighted by Crippen LogP contribution is 2.24. The average Bonchev–Trinajstić information content (AvgIpc) is 2.72. The molecule has 0 aliphatic carbocycles. The number of esters is 1. The summed E-state index contributed by atoms with van der Waals surface area (Å²) in [5, 5.41) is 15.1. The Kier molecular flexibility index (Phi) is 6.63. The van der Waals surface area contributed by atoms with Crippen molar-refractivity contribution in [2.75, 3.05) is 11.1 Å². The predicted molar refractivity (Wildman–Crippen MR) is 114 cm³/mol. The Balaban J connectivity index is 1.55. The molecule has 3 rings (SSSR count). The van der Waals surface area contributed by atoms with Gasteiger partial charge < -0.3 is 10.1 Å². The van der Waals surface area contributed by atoms with Crippen LogP contribution >= 0.6 is 11.8 Å². The molecule has 30 heavy (non-hydrogen) atoms. The number of carbonyl (C=O) groups is 2. The maximum Gasteiger partial charge on any atom is 0.317 e. The molecule has 0 unspecified atom stereocenters. The fraction of sp³-hybridized carbons (Fsp3) is 0.190. The number of hydrogen-bond acceptors (Lipinski definition) is 7. The molecule has 3 aromatic rings. The number of non-ortho nitro benzene ring substituents is 1. The van der Waals surface area contributed by atoms with Gasteiger partial charge in [0.05, 0.1) is 21.2 Å². The van der Waals surface area contributed by atoms with E-state index in [4.69, 9.17) is 4.74 Å². The van der Waals surface area contributed by atoms with E-state index in [0.29, 0.717) is 5.03 Å². The molecular weight excluding hydrogens is 406 g/mol. The zero-order valence-corrected chi connectivity index (χ0v) is 17.1. The summed E-state index contributed by atoms with van der Waals surface area (Å²) in [4.78, 5) is 39.1. The molecule has 1 heterocycles. The van der Waals surface area contributed by atoms with Gasteiger partial charge in [-0.1, -0.05) is 36.0 Å². The zero-order valence-electron chi connectivity index (χ0n) is 16.3. The highest BCUT2D eigenvalue weighted by Gasteiger charge is 2.19. The number of hydrogen-bond donors (Lipinski definition) is 1. The van der Waals surface area contributed by atoms with Crippen LogP contribution in [0.3, 0.4) is 0 Å². The van der Waals surface area contributed by atoms with E-state index in [1.807, 2.05) is 37.3 Å². The van der Waals surface area contributed by atoms with Crippen molar-refractivity contribution in [3.63, 3.8) is 0 Å². The van der Waals surface area contributed by atoms with Crippen LogP contribution in [0, 0.1) is 17.0 Å². The van der Waals surface area contributed by atoms with E-state index in [2.05, 4.69) is 10.3 Å². The number of pyridine rings is 1. The molecule has 0 saturated carbocycles. The second-order valence-corrected chi connectivity index (χ2v) is 7.51. The predicted octanol–water partition coefficient (Wildman–Crippen LogP) is 4.11. The number of nitro benzene ring substituents is 1. The van der Waals surface area contributed by atoms with Gasteiger partial charge in [0, 0.05) is 23.2 Å². The number of para-hydroxylation sites is 1. The number of anilines is 1. The largest absolute Gasteiger partial charge is 0.452 e. The number of nitrogens with one attached hydrogen (secondary N) is 1. The maximum absolute atomic E-state index is 12.2. The molecule has 9 heteroatoms. The summed E-state index contributed by atoms with van der Waals surface area (Å²) in [5.74, 6) is -1.14. The molecule has 1 aromatic heterocycles. The Bertz CT molecular complexity index is 1120. The van der Waals surface area contributed by atoms with Gasteiger partial charge in [0.1, 0.15) is 0 Å². The van der Waals surface area contributed by atoms with Crippen LogP contribution < -0.4 is 5.32 Å². The van der Waals surface area contributed by atoms with Gasteiger partial charge in [0.15, 0.2) is 6.10 Å². The third kappa shape index (κ3) is 5.32. The first kappa shape index (κ1) is 21.3. The molecule has 0 spiro atoms. The van der Waals surface area contributed by atoms with Crippen LogP contribution in [0.15, 0.2) is 59.6 Å². The number of ether oxygens (including phenoxy) is 1. The molecule has 1 amide bonds. The minimum absolute atomic E-state index is 0.000785. The van der Waals surface area contributed by atoms with Crippen molar-refractivity contribution in [2.45, 2.75) is 25.0 Å². The first-order chi connectivity index (χ1) is 14.3.